The molecule has 1 saturated heterocycles. The molecule has 0 radical (unpaired) electrons. The third-order valence-electron chi connectivity index (χ3n) is 4.27. The van der Waals surface area contributed by atoms with Crippen LogP contribution in [0.3, 0.4) is 0 Å². The summed E-state index contributed by atoms with van der Waals surface area (Å²) < 4.78 is 31.7. The van der Waals surface area contributed by atoms with Crippen molar-refractivity contribution in [1.29, 1.82) is 0 Å². The lowest BCUT2D eigenvalue weighted by Crippen LogP contribution is -2.41. The van der Waals surface area contributed by atoms with Gasteiger partial charge in [0.1, 0.15) is 11.3 Å². The Morgan fingerprint density at radius 1 is 1.25 bits per heavy atom. The molecular weight excluding hydrogens is 320 g/mol. The Kier molecular flexibility index (Phi) is 3.62. The van der Waals surface area contributed by atoms with Crippen molar-refractivity contribution >= 4 is 11.9 Å². The fourth-order valence-corrected chi connectivity index (χ4v) is 2.73. The number of carbonyl (C=O) groups excluding carboxylic acids is 2. The normalized spacial score (nSPS) is 20.6. The molecule has 1 aromatic carbocycles. The number of hydrogen-bond donors (Lipinski definition) is 1. The molecule has 0 saturated carbocycles. The van der Waals surface area contributed by atoms with Crippen molar-refractivity contribution in [3.8, 4) is 0 Å². The first-order valence-corrected chi connectivity index (χ1v) is 7.25. The van der Waals surface area contributed by atoms with Crippen LogP contribution in [-0.4, -0.2) is 22.0 Å². The largest absolute Gasteiger partial charge is 0.361 e. The molecule has 24 heavy (non-hydrogen) atoms. The Balaban J connectivity index is 1.94. The molecule has 2 aromatic rings. The number of nitrogens with one attached hydrogen (secondary N) is 1. The maximum atomic E-state index is 13.5. The van der Waals surface area contributed by atoms with Gasteiger partial charge in [-0.3, -0.25) is 9.69 Å². The van der Waals surface area contributed by atoms with Gasteiger partial charge in [0.25, 0.3) is 5.91 Å². The Morgan fingerprint density at radius 3 is 2.54 bits per heavy atom. The molecule has 1 atom stereocenters. The van der Waals surface area contributed by atoms with E-state index in [4.69, 9.17) is 4.52 Å². The summed E-state index contributed by atoms with van der Waals surface area (Å²) in [5, 5.41) is 6.33. The number of aromatic nitrogens is 1. The number of carbonyl (C=O) groups is 2. The molecule has 1 N–H and O–H groups in total. The van der Waals surface area contributed by atoms with E-state index in [0.717, 1.165) is 17.0 Å². The number of rotatable bonds is 3. The predicted octanol–water partition coefficient (Wildman–Crippen LogP) is 2.54. The second-order valence-corrected chi connectivity index (χ2v) is 5.88. The number of amides is 3. The van der Waals surface area contributed by atoms with E-state index in [1.165, 1.54) is 13.0 Å². The quantitative estimate of drug-likeness (QED) is 0.875. The summed E-state index contributed by atoms with van der Waals surface area (Å²) in [7, 11) is 0. The van der Waals surface area contributed by atoms with Crippen LogP contribution >= 0.6 is 0 Å². The van der Waals surface area contributed by atoms with Gasteiger partial charge in [-0.15, -0.1) is 0 Å². The molecule has 126 valence electrons. The van der Waals surface area contributed by atoms with Crippen LogP contribution in [0.2, 0.25) is 0 Å². The van der Waals surface area contributed by atoms with Crippen molar-refractivity contribution in [1.82, 2.24) is 15.4 Å². The van der Waals surface area contributed by atoms with Gasteiger partial charge in [0.2, 0.25) is 0 Å². The van der Waals surface area contributed by atoms with E-state index >= 15 is 0 Å². The molecule has 2 heterocycles. The maximum absolute atomic E-state index is 13.5. The Bertz CT molecular complexity index is 830. The number of urea groups is 1. The SMILES string of the molecule is Cc1noc(C)c1CN1C(=O)N[C@@](C)(c2ccc(F)c(F)c2)C1=O. The number of hydrogen-bond acceptors (Lipinski definition) is 4. The molecule has 0 bridgehead atoms. The van der Waals surface area contributed by atoms with Gasteiger partial charge in [-0.2, -0.15) is 0 Å². The molecule has 0 aliphatic carbocycles. The lowest BCUT2D eigenvalue weighted by molar-refractivity contribution is -0.131. The Labute approximate surface area is 136 Å². The van der Waals surface area contributed by atoms with Crippen LogP contribution in [0.4, 0.5) is 13.6 Å². The zero-order valence-electron chi connectivity index (χ0n) is 13.3. The average molecular weight is 335 g/mol. The van der Waals surface area contributed by atoms with Gasteiger partial charge in [0, 0.05) is 5.56 Å². The van der Waals surface area contributed by atoms with Crippen molar-refractivity contribution < 1.29 is 22.9 Å². The fourth-order valence-electron chi connectivity index (χ4n) is 2.73. The van der Waals surface area contributed by atoms with Gasteiger partial charge < -0.3 is 9.84 Å². The molecule has 1 aliphatic heterocycles. The van der Waals surface area contributed by atoms with Gasteiger partial charge in [-0.05, 0) is 38.5 Å². The summed E-state index contributed by atoms with van der Waals surface area (Å²) >= 11 is 0. The highest BCUT2D eigenvalue weighted by Gasteiger charge is 2.49. The van der Waals surface area contributed by atoms with Crippen molar-refractivity contribution in [2.45, 2.75) is 32.9 Å². The summed E-state index contributed by atoms with van der Waals surface area (Å²) in [5.74, 6) is -2.15. The van der Waals surface area contributed by atoms with E-state index in [1.54, 1.807) is 13.8 Å². The number of nitrogens with zero attached hydrogens (tertiary/aromatic N) is 2. The number of imide groups is 1. The molecule has 3 rings (SSSR count). The monoisotopic (exact) mass is 335 g/mol. The Morgan fingerprint density at radius 2 is 1.96 bits per heavy atom. The van der Waals surface area contributed by atoms with E-state index in [-0.39, 0.29) is 12.1 Å². The minimum atomic E-state index is -1.47. The highest BCUT2D eigenvalue weighted by molar-refractivity contribution is 6.07. The van der Waals surface area contributed by atoms with E-state index < -0.39 is 29.1 Å². The lowest BCUT2D eigenvalue weighted by atomic mass is 9.92. The highest BCUT2D eigenvalue weighted by atomic mass is 19.2. The van der Waals surface area contributed by atoms with Crippen LogP contribution in [0, 0.1) is 25.5 Å². The molecular formula is C16H15F2N3O3. The molecule has 0 unspecified atom stereocenters. The van der Waals surface area contributed by atoms with Gasteiger partial charge in [0.05, 0.1) is 12.2 Å². The van der Waals surface area contributed by atoms with Crippen molar-refractivity contribution in [3.05, 3.63) is 52.4 Å². The first kappa shape index (κ1) is 16.1. The molecule has 0 spiro atoms. The topological polar surface area (TPSA) is 75.4 Å². The summed E-state index contributed by atoms with van der Waals surface area (Å²) in [6.45, 7) is 4.83. The molecule has 8 heteroatoms. The molecule has 6 nitrogen and oxygen atoms in total. The van der Waals surface area contributed by atoms with Crippen LogP contribution < -0.4 is 5.32 Å². The van der Waals surface area contributed by atoms with Crippen LogP contribution in [0.15, 0.2) is 22.7 Å². The maximum Gasteiger partial charge on any atom is 0.325 e. The lowest BCUT2D eigenvalue weighted by Gasteiger charge is -2.22. The minimum Gasteiger partial charge on any atom is -0.361 e. The molecule has 1 aromatic heterocycles. The zero-order chi connectivity index (χ0) is 17.6. The summed E-state index contributed by atoms with van der Waals surface area (Å²) in [5.41, 5.74) is -0.0893. The van der Waals surface area contributed by atoms with Crippen LogP contribution in [0.5, 0.6) is 0 Å². The van der Waals surface area contributed by atoms with Crippen molar-refractivity contribution in [2.24, 2.45) is 0 Å². The Hall–Kier alpha value is -2.77. The standard InChI is InChI=1S/C16H15F2N3O3/c1-8-11(9(2)24-20-8)7-21-14(22)16(3,19-15(21)23)10-4-5-12(17)13(18)6-10/h4-6H,7H2,1-3H3,(H,19,23)/t16-/m0/s1. The van der Waals surface area contributed by atoms with Crippen molar-refractivity contribution in [3.63, 3.8) is 0 Å². The zero-order valence-corrected chi connectivity index (χ0v) is 13.3. The third-order valence-corrected chi connectivity index (χ3v) is 4.27. The summed E-state index contributed by atoms with van der Waals surface area (Å²) in [4.78, 5) is 26.0. The third kappa shape index (κ3) is 2.34. The highest BCUT2D eigenvalue weighted by Crippen LogP contribution is 2.31. The molecule has 1 fully saturated rings. The fraction of sp³-hybridized carbons (Fsp3) is 0.312. The van der Waals surface area contributed by atoms with E-state index in [1.807, 2.05) is 0 Å². The molecule has 3 amide bonds. The number of aryl methyl sites for hydroxylation is 2. The molecule has 1 aliphatic rings. The van der Waals surface area contributed by atoms with Gasteiger partial charge in [-0.1, -0.05) is 11.2 Å². The first-order chi connectivity index (χ1) is 11.2. The predicted molar refractivity (Wildman–Crippen MR) is 78.8 cm³/mol. The second-order valence-electron chi connectivity index (χ2n) is 5.88. The van der Waals surface area contributed by atoms with Gasteiger partial charge in [0.15, 0.2) is 11.6 Å². The first-order valence-electron chi connectivity index (χ1n) is 7.25. The summed E-state index contributed by atoms with van der Waals surface area (Å²) in [6, 6.07) is 2.49. The van der Waals surface area contributed by atoms with Gasteiger partial charge >= 0.3 is 6.03 Å². The van der Waals surface area contributed by atoms with E-state index in [0.29, 0.717) is 17.0 Å². The van der Waals surface area contributed by atoms with Crippen LogP contribution in [0.25, 0.3) is 0 Å². The smallest absolute Gasteiger partial charge is 0.325 e. The second kappa shape index (κ2) is 5.40. The van der Waals surface area contributed by atoms with E-state index in [2.05, 4.69) is 10.5 Å². The number of halogens is 2. The van der Waals surface area contributed by atoms with Crippen LogP contribution in [0.1, 0.15) is 29.5 Å². The van der Waals surface area contributed by atoms with Crippen molar-refractivity contribution in [2.75, 3.05) is 0 Å². The van der Waals surface area contributed by atoms with Gasteiger partial charge in [-0.25, -0.2) is 13.6 Å². The van der Waals surface area contributed by atoms with Crippen LogP contribution in [-0.2, 0) is 16.9 Å². The van der Waals surface area contributed by atoms with E-state index in [9.17, 15) is 18.4 Å². The average Bonchev–Trinajstić information content (AvgIpc) is 2.95. The number of benzene rings is 1. The minimum absolute atomic E-state index is 0.00883. The summed E-state index contributed by atoms with van der Waals surface area (Å²) in [6.07, 6.45) is 0.